The van der Waals surface area contributed by atoms with E-state index in [0.29, 0.717) is 5.56 Å². The molecule has 20 heavy (non-hydrogen) atoms. The molecule has 0 unspecified atom stereocenters. The van der Waals surface area contributed by atoms with Crippen LogP contribution in [0.2, 0.25) is 0 Å². The van der Waals surface area contributed by atoms with E-state index in [-0.39, 0.29) is 0 Å². The topological polar surface area (TPSA) is 74.7 Å². The first-order chi connectivity index (χ1) is 9.65. The SMILES string of the molecule is N#Cc1ccc(Nc2nc3ccc(N)cc3s2)c(Br)c1. The number of nitrogens with zero attached hydrogens (tertiary/aromatic N) is 2. The Morgan fingerprint density at radius 1 is 1.25 bits per heavy atom. The Hall–Kier alpha value is -2.10. The predicted molar refractivity (Wildman–Crippen MR) is 86.2 cm³/mol. The van der Waals surface area contributed by atoms with Crippen LogP contribution >= 0.6 is 27.3 Å². The summed E-state index contributed by atoms with van der Waals surface area (Å²) in [5, 5.41) is 12.9. The van der Waals surface area contributed by atoms with Gasteiger partial charge in [-0.25, -0.2) is 4.98 Å². The monoisotopic (exact) mass is 344 g/mol. The highest BCUT2D eigenvalue weighted by molar-refractivity contribution is 9.10. The molecular formula is C14H9BrN4S. The van der Waals surface area contributed by atoms with Crippen LogP contribution in [-0.4, -0.2) is 4.98 Å². The minimum absolute atomic E-state index is 0.611. The number of nitrogens with one attached hydrogen (secondary N) is 1. The van der Waals surface area contributed by atoms with Crippen LogP contribution in [0.1, 0.15) is 5.56 Å². The predicted octanol–water partition coefficient (Wildman–Crippen LogP) is 4.26. The molecule has 0 saturated carbocycles. The van der Waals surface area contributed by atoms with Crippen LogP contribution in [0, 0.1) is 11.3 Å². The van der Waals surface area contributed by atoms with Crippen LogP contribution < -0.4 is 11.1 Å². The zero-order valence-electron chi connectivity index (χ0n) is 10.2. The Bertz CT molecular complexity index is 835. The Kier molecular flexibility index (Phi) is 3.30. The number of rotatable bonds is 2. The van der Waals surface area contributed by atoms with Crippen molar-refractivity contribution in [3.05, 3.63) is 46.4 Å². The van der Waals surface area contributed by atoms with E-state index < -0.39 is 0 Å². The summed E-state index contributed by atoms with van der Waals surface area (Å²) in [6.07, 6.45) is 0. The van der Waals surface area contributed by atoms with E-state index in [1.54, 1.807) is 12.1 Å². The standard InChI is InChI=1S/C14H9BrN4S/c15-10-5-8(7-16)1-3-11(10)18-14-19-12-4-2-9(17)6-13(12)20-14/h1-6H,17H2,(H,18,19). The number of thiazole rings is 1. The van der Waals surface area contributed by atoms with Crippen molar-refractivity contribution < 1.29 is 0 Å². The molecule has 3 N–H and O–H groups in total. The molecule has 0 atom stereocenters. The summed E-state index contributed by atoms with van der Waals surface area (Å²) >= 11 is 4.98. The molecule has 1 heterocycles. The first-order valence-corrected chi connectivity index (χ1v) is 7.39. The summed E-state index contributed by atoms with van der Waals surface area (Å²) in [7, 11) is 0. The molecule has 0 radical (unpaired) electrons. The fourth-order valence-electron chi connectivity index (χ4n) is 1.80. The number of nitrogen functional groups attached to an aromatic ring is 1. The van der Waals surface area contributed by atoms with Crippen molar-refractivity contribution in [3.8, 4) is 6.07 Å². The van der Waals surface area contributed by atoms with Crippen molar-refractivity contribution in [2.45, 2.75) is 0 Å². The lowest BCUT2D eigenvalue weighted by Gasteiger charge is -2.05. The Balaban J connectivity index is 1.95. The Morgan fingerprint density at radius 3 is 2.85 bits per heavy atom. The second-order valence-electron chi connectivity index (χ2n) is 4.18. The molecule has 0 aliphatic rings. The second-order valence-corrected chi connectivity index (χ2v) is 6.06. The van der Waals surface area contributed by atoms with Crippen molar-refractivity contribution in [2.24, 2.45) is 0 Å². The number of benzene rings is 2. The maximum absolute atomic E-state index is 8.85. The molecule has 0 bridgehead atoms. The third-order valence-electron chi connectivity index (χ3n) is 2.75. The number of nitriles is 1. The molecule has 3 rings (SSSR count). The van der Waals surface area contributed by atoms with Gasteiger partial charge in [-0.05, 0) is 52.3 Å². The van der Waals surface area contributed by atoms with E-state index in [4.69, 9.17) is 11.0 Å². The Morgan fingerprint density at radius 2 is 2.10 bits per heavy atom. The lowest BCUT2D eigenvalue weighted by atomic mass is 10.2. The molecule has 0 amide bonds. The third-order valence-corrected chi connectivity index (χ3v) is 4.34. The first-order valence-electron chi connectivity index (χ1n) is 5.78. The summed E-state index contributed by atoms with van der Waals surface area (Å²) in [5.41, 5.74) is 8.89. The van der Waals surface area contributed by atoms with Crippen LogP contribution in [0.3, 0.4) is 0 Å². The minimum atomic E-state index is 0.611. The third kappa shape index (κ3) is 2.46. The molecule has 6 heteroatoms. The van der Waals surface area contributed by atoms with Crippen molar-refractivity contribution in [1.82, 2.24) is 4.98 Å². The molecule has 0 aliphatic heterocycles. The number of hydrogen-bond donors (Lipinski definition) is 2. The normalized spacial score (nSPS) is 10.4. The highest BCUT2D eigenvalue weighted by Crippen LogP contribution is 2.32. The number of hydrogen-bond acceptors (Lipinski definition) is 5. The number of aromatic nitrogens is 1. The lowest BCUT2D eigenvalue weighted by Crippen LogP contribution is -1.90. The van der Waals surface area contributed by atoms with Crippen LogP contribution in [0.15, 0.2) is 40.9 Å². The van der Waals surface area contributed by atoms with Gasteiger partial charge in [-0.2, -0.15) is 5.26 Å². The van der Waals surface area contributed by atoms with Gasteiger partial charge in [-0.1, -0.05) is 11.3 Å². The van der Waals surface area contributed by atoms with E-state index in [1.807, 2.05) is 24.3 Å². The maximum atomic E-state index is 8.85. The number of halogens is 1. The van der Waals surface area contributed by atoms with E-state index in [1.165, 1.54) is 11.3 Å². The molecule has 4 nitrogen and oxygen atoms in total. The van der Waals surface area contributed by atoms with Gasteiger partial charge in [0.2, 0.25) is 0 Å². The van der Waals surface area contributed by atoms with Crippen molar-refractivity contribution in [3.63, 3.8) is 0 Å². The van der Waals surface area contributed by atoms with Crippen molar-refractivity contribution in [1.29, 1.82) is 5.26 Å². The lowest BCUT2D eigenvalue weighted by molar-refractivity contribution is 1.42. The van der Waals surface area contributed by atoms with Gasteiger partial charge in [-0.15, -0.1) is 0 Å². The van der Waals surface area contributed by atoms with Gasteiger partial charge in [0.25, 0.3) is 0 Å². The van der Waals surface area contributed by atoms with E-state index in [9.17, 15) is 0 Å². The van der Waals surface area contributed by atoms with Crippen LogP contribution in [0.4, 0.5) is 16.5 Å². The molecule has 2 aromatic carbocycles. The number of anilines is 3. The van der Waals surface area contributed by atoms with E-state index >= 15 is 0 Å². The van der Waals surface area contributed by atoms with Crippen molar-refractivity contribution >= 4 is 54.0 Å². The molecule has 1 aromatic heterocycles. The van der Waals surface area contributed by atoms with Crippen LogP contribution in [0.25, 0.3) is 10.2 Å². The first kappa shape index (κ1) is 12.9. The average molecular weight is 345 g/mol. The smallest absolute Gasteiger partial charge is 0.188 e. The quantitative estimate of drug-likeness (QED) is 0.681. The van der Waals surface area contributed by atoms with E-state index in [0.717, 1.165) is 31.2 Å². The zero-order chi connectivity index (χ0) is 14.1. The Labute approximate surface area is 128 Å². The summed E-state index contributed by atoms with van der Waals surface area (Å²) in [4.78, 5) is 4.50. The zero-order valence-corrected chi connectivity index (χ0v) is 12.6. The van der Waals surface area contributed by atoms with Gasteiger partial charge in [0.05, 0.1) is 27.5 Å². The van der Waals surface area contributed by atoms with Gasteiger partial charge < -0.3 is 11.1 Å². The van der Waals surface area contributed by atoms with Crippen LogP contribution in [0.5, 0.6) is 0 Å². The summed E-state index contributed by atoms with van der Waals surface area (Å²) in [5.74, 6) is 0. The van der Waals surface area contributed by atoms with Gasteiger partial charge >= 0.3 is 0 Å². The van der Waals surface area contributed by atoms with E-state index in [2.05, 4.69) is 32.3 Å². The van der Waals surface area contributed by atoms with Crippen molar-refractivity contribution in [2.75, 3.05) is 11.1 Å². The largest absolute Gasteiger partial charge is 0.399 e. The second kappa shape index (κ2) is 5.12. The fraction of sp³-hybridized carbons (Fsp3) is 0. The highest BCUT2D eigenvalue weighted by Gasteiger charge is 2.07. The molecule has 3 aromatic rings. The molecule has 0 fully saturated rings. The van der Waals surface area contributed by atoms with Gasteiger partial charge in [-0.3, -0.25) is 0 Å². The molecule has 0 aliphatic carbocycles. The fourth-order valence-corrected chi connectivity index (χ4v) is 3.20. The maximum Gasteiger partial charge on any atom is 0.188 e. The highest BCUT2D eigenvalue weighted by atomic mass is 79.9. The summed E-state index contributed by atoms with van der Waals surface area (Å²) in [6, 6.07) is 13.1. The molecule has 98 valence electrons. The average Bonchev–Trinajstić information content (AvgIpc) is 2.82. The molecule has 0 saturated heterocycles. The summed E-state index contributed by atoms with van der Waals surface area (Å²) < 4.78 is 1.87. The minimum Gasteiger partial charge on any atom is -0.399 e. The van der Waals surface area contributed by atoms with Crippen LogP contribution in [-0.2, 0) is 0 Å². The number of nitrogens with two attached hydrogens (primary N) is 1. The summed E-state index contributed by atoms with van der Waals surface area (Å²) in [6.45, 7) is 0. The molecule has 0 spiro atoms. The number of fused-ring (bicyclic) bond motifs is 1. The molecular weight excluding hydrogens is 336 g/mol. The van der Waals surface area contributed by atoms with Gasteiger partial charge in [0.15, 0.2) is 5.13 Å². The van der Waals surface area contributed by atoms with Gasteiger partial charge in [0, 0.05) is 10.2 Å². The van der Waals surface area contributed by atoms with Gasteiger partial charge in [0.1, 0.15) is 0 Å².